The number of carboxylic acid groups (broad SMARTS) is 1. The van der Waals surface area contributed by atoms with Crippen LogP contribution in [0.3, 0.4) is 0 Å². The highest BCUT2D eigenvalue weighted by atomic mass is 35.5. The minimum atomic E-state index is -1.76. The number of benzene rings is 2. The Bertz CT molecular complexity index is 914. The van der Waals surface area contributed by atoms with E-state index in [2.05, 4.69) is 0 Å². The summed E-state index contributed by atoms with van der Waals surface area (Å²) in [6, 6.07) is 7.49. The van der Waals surface area contributed by atoms with Crippen LogP contribution in [0.1, 0.15) is 28.4 Å². The molecule has 0 aromatic heterocycles. The van der Waals surface area contributed by atoms with E-state index in [4.69, 9.17) is 27.9 Å². The van der Waals surface area contributed by atoms with Crippen molar-refractivity contribution in [2.45, 2.75) is 12.3 Å². The third kappa shape index (κ3) is 3.36. The molecular formula is C17H13Cl2NO6. The first-order valence-electron chi connectivity index (χ1n) is 7.19. The SMILES string of the molecule is COC(=O)[C@](C)(c1cc(C(=O)O)ccc1Cl)c1cc(Cl)ccc1[N+](=O)[O-]. The fourth-order valence-corrected chi connectivity index (χ4v) is 3.16. The van der Waals surface area contributed by atoms with Gasteiger partial charge in [-0.1, -0.05) is 23.2 Å². The van der Waals surface area contributed by atoms with Gasteiger partial charge in [-0.3, -0.25) is 14.9 Å². The molecule has 0 amide bonds. The van der Waals surface area contributed by atoms with E-state index in [9.17, 15) is 24.8 Å². The van der Waals surface area contributed by atoms with E-state index in [1.807, 2.05) is 0 Å². The minimum Gasteiger partial charge on any atom is -0.478 e. The van der Waals surface area contributed by atoms with Crippen molar-refractivity contribution in [3.8, 4) is 0 Å². The predicted octanol–water partition coefficient (Wildman–Crippen LogP) is 4.08. The summed E-state index contributed by atoms with van der Waals surface area (Å²) in [6.45, 7) is 1.37. The molecule has 26 heavy (non-hydrogen) atoms. The Morgan fingerprint density at radius 2 is 1.81 bits per heavy atom. The maximum atomic E-state index is 12.7. The van der Waals surface area contributed by atoms with Crippen molar-refractivity contribution in [1.82, 2.24) is 0 Å². The van der Waals surface area contributed by atoms with E-state index < -0.39 is 22.3 Å². The average Bonchev–Trinajstić information content (AvgIpc) is 2.60. The number of carbonyl (C=O) groups excluding carboxylic acids is 1. The zero-order valence-electron chi connectivity index (χ0n) is 13.7. The first-order valence-corrected chi connectivity index (χ1v) is 7.94. The summed E-state index contributed by atoms with van der Waals surface area (Å²) >= 11 is 12.2. The van der Waals surface area contributed by atoms with Crippen LogP contribution in [0.15, 0.2) is 36.4 Å². The zero-order valence-corrected chi connectivity index (χ0v) is 15.2. The number of carbonyl (C=O) groups is 2. The Labute approximate surface area is 158 Å². The first-order chi connectivity index (χ1) is 12.1. The van der Waals surface area contributed by atoms with Crippen LogP contribution in [0.2, 0.25) is 10.0 Å². The summed E-state index contributed by atoms with van der Waals surface area (Å²) in [6.07, 6.45) is 0. The smallest absolute Gasteiger partial charge is 0.335 e. The molecule has 0 unspecified atom stereocenters. The molecule has 0 saturated carbocycles. The van der Waals surface area contributed by atoms with E-state index >= 15 is 0 Å². The van der Waals surface area contributed by atoms with Gasteiger partial charge in [0.15, 0.2) is 0 Å². The van der Waals surface area contributed by atoms with Crippen molar-refractivity contribution in [2.75, 3.05) is 7.11 Å². The van der Waals surface area contributed by atoms with Gasteiger partial charge in [-0.05, 0) is 42.8 Å². The third-order valence-corrected chi connectivity index (χ3v) is 4.60. The molecule has 1 N–H and O–H groups in total. The molecule has 0 aliphatic carbocycles. The molecule has 2 aromatic rings. The zero-order chi connectivity index (χ0) is 19.6. The Kier molecular flexibility index (Phi) is 5.53. The molecule has 0 saturated heterocycles. The van der Waals surface area contributed by atoms with Gasteiger partial charge in [0.1, 0.15) is 5.41 Å². The van der Waals surface area contributed by atoms with Crippen molar-refractivity contribution in [3.63, 3.8) is 0 Å². The second-order valence-corrected chi connectivity index (χ2v) is 6.38. The maximum Gasteiger partial charge on any atom is 0.335 e. The van der Waals surface area contributed by atoms with Crippen molar-refractivity contribution >= 4 is 40.8 Å². The molecule has 0 spiro atoms. The number of ether oxygens (including phenoxy) is 1. The van der Waals surface area contributed by atoms with E-state index in [1.54, 1.807) is 0 Å². The lowest BCUT2D eigenvalue weighted by Crippen LogP contribution is -2.36. The van der Waals surface area contributed by atoms with E-state index in [-0.39, 0.29) is 32.4 Å². The van der Waals surface area contributed by atoms with Crippen LogP contribution in [0, 0.1) is 10.1 Å². The first kappa shape index (κ1) is 19.7. The third-order valence-electron chi connectivity index (χ3n) is 4.04. The van der Waals surface area contributed by atoms with Crippen molar-refractivity contribution in [1.29, 1.82) is 0 Å². The van der Waals surface area contributed by atoms with Crippen LogP contribution in [-0.4, -0.2) is 29.1 Å². The highest BCUT2D eigenvalue weighted by molar-refractivity contribution is 6.32. The van der Waals surface area contributed by atoms with Gasteiger partial charge in [0.25, 0.3) is 5.69 Å². The topological polar surface area (TPSA) is 107 Å². The number of hydrogen-bond acceptors (Lipinski definition) is 5. The van der Waals surface area contributed by atoms with E-state index in [0.717, 1.165) is 13.2 Å². The summed E-state index contributed by atoms with van der Waals surface area (Å²) in [5, 5.41) is 20.9. The number of methoxy groups -OCH3 is 1. The summed E-state index contributed by atoms with van der Waals surface area (Å²) in [4.78, 5) is 34.8. The molecule has 7 nitrogen and oxygen atoms in total. The predicted molar refractivity (Wildman–Crippen MR) is 95.0 cm³/mol. The molecule has 0 fully saturated rings. The van der Waals surface area contributed by atoms with Crippen molar-refractivity contribution in [3.05, 3.63) is 73.2 Å². The van der Waals surface area contributed by atoms with Crippen LogP contribution < -0.4 is 0 Å². The number of esters is 1. The standard InChI is InChI=1S/C17H13Cl2NO6/c1-17(16(23)26-2,11-7-9(15(21)22)3-5-13(11)19)12-8-10(18)4-6-14(12)20(24)25/h3-8H,1-2H3,(H,21,22)/t17-/m1/s1. The monoisotopic (exact) mass is 397 g/mol. The van der Waals surface area contributed by atoms with Gasteiger partial charge in [-0.15, -0.1) is 0 Å². The van der Waals surface area contributed by atoms with Crippen LogP contribution in [0.25, 0.3) is 0 Å². The van der Waals surface area contributed by atoms with Crippen LogP contribution in [-0.2, 0) is 14.9 Å². The van der Waals surface area contributed by atoms with Gasteiger partial charge in [0.2, 0.25) is 0 Å². The number of aromatic carboxylic acids is 1. The summed E-state index contributed by atoms with van der Waals surface area (Å²) in [5.74, 6) is -2.09. The maximum absolute atomic E-state index is 12.7. The Hall–Kier alpha value is -2.64. The molecule has 0 radical (unpaired) electrons. The van der Waals surface area contributed by atoms with Gasteiger partial charge >= 0.3 is 11.9 Å². The number of carboxylic acids is 1. The highest BCUT2D eigenvalue weighted by Crippen LogP contribution is 2.42. The molecule has 0 aliphatic rings. The lowest BCUT2D eigenvalue weighted by molar-refractivity contribution is -0.385. The molecule has 0 aliphatic heterocycles. The molecule has 136 valence electrons. The number of hydrogen-bond donors (Lipinski definition) is 1. The highest BCUT2D eigenvalue weighted by Gasteiger charge is 2.44. The number of nitrogens with zero attached hydrogens (tertiary/aromatic N) is 1. The summed E-state index contributed by atoms with van der Waals surface area (Å²) < 4.78 is 4.84. The lowest BCUT2D eigenvalue weighted by atomic mass is 9.75. The molecule has 2 aromatic carbocycles. The Morgan fingerprint density at radius 3 is 2.35 bits per heavy atom. The lowest BCUT2D eigenvalue weighted by Gasteiger charge is -2.28. The quantitative estimate of drug-likeness (QED) is 0.462. The van der Waals surface area contributed by atoms with Crippen LogP contribution >= 0.6 is 23.2 Å². The van der Waals surface area contributed by atoms with Crippen LogP contribution in [0.5, 0.6) is 0 Å². The minimum absolute atomic E-state index is 0.0521. The van der Waals surface area contributed by atoms with Gasteiger partial charge in [-0.2, -0.15) is 0 Å². The fraction of sp³-hybridized carbons (Fsp3) is 0.176. The average molecular weight is 398 g/mol. The second-order valence-electron chi connectivity index (χ2n) is 5.53. The van der Waals surface area contributed by atoms with Crippen LogP contribution in [0.4, 0.5) is 5.69 Å². The number of rotatable bonds is 5. The van der Waals surface area contributed by atoms with Crippen molar-refractivity contribution in [2.24, 2.45) is 0 Å². The number of halogens is 2. The fourth-order valence-electron chi connectivity index (χ4n) is 2.68. The number of nitro benzene ring substituents is 1. The van der Waals surface area contributed by atoms with Gasteiger partial charge in [-0.25, -0.2) is 4.79 Å². The molecule has 0 heterocycles. The van der Waals surface area contributed by atoms with Gasteiger partial charge in [0.05, 0.1) is 23.2 Å². The Morgan fingerprint density at radius 1 is 1.15 bits per heavy atom. The Balaban J connectivity index is 2.91. The summed E-state index contributed by atoms with van der Waals surface area (Å²) in [7, 11) is 1.12. The van der Waals surface area contributed by atoms with Crippen molar-refractivity contribution < 1.29 is 24.4 Å². The molecular weight excluding hydrogens is 385 g/mol. The summed E-state index contributed by atoms with van der Waals surface area (Å²) in [5.41, 5.74) is -2.28. The van der Waals surface area contributed by atoms with Gasteiger partial charge in [0, 0.05) is 16.1 Å². The number of nitro groups is 1. The largest absolute Gasteiger partial charge is 0.478 e. The molecule has 2 rings (SSSR count). The van der Waals surface area contributed by atoms with Gasteiger partial charge < -0.3 is 9.84 Å². The molecule has 1 atom stereocenters. The second kappa shape index (κ2) is 7.31. The normalized spacial score (nSPS) is 12.9. The molecule has 0 bridgehead atoms. The molecule has 9 heteroatoms. The van der Waals surface area contributed by atoms with E-state index in [1.165, 1.54) is 37.3 Å². The van der Waals surface area contributed by atoms with E-state index in [0.29, 0.717) is 0 Å².